The minimum Gasteiger partial charge on any atom is -0.480 e. The number of hydrazine groups is 2. The highest BCUT2D eigenvalue weighted by atomic mass is 16.7. The van der Waals surface area contributed by atoms with E-state index in [9.17, 15) is 24.8 Å². The molecule has 1 heterocycles. The molecular formula is C12H25N8O5+. The first-order valence-corrected chi connectivity index (χ1v) is 7.83. The third-order valence-electron chi connectivity index (χ3n) is 4.15. The fraction of sp³-hybridized carbons (Fsp3) is 0.750. The van der Waals surface area contributed by atoms with Crippen LogP contribution in [0.1, 0.15) is 32.6 Å². The molecule has 1 saturated heterocycles. The van der Waals surface area contributed by atoms with Gasteiger partial charge in [-0.05, 0) is 19.8 Å². The van der Waals surface area contributed by atoms with E-state index in [2.05, 4.69) is 16.0 Å². The van der Waals surface area contributed by atoms with Gasteiger partial charge in [0.05, 0.1) is 0 Å². The van der Waals surface area contributed by atoms with E-state index in [1.165, 1.54) is 0 Å². The molecule has 3 atom stereocenters. The minimum absolute atomic E-state index is 0.0722. The van der Waals surface area contributed by atoms with Gasteiger partial charge in [-0.25, -0.2) is 19.9 Å². The number of carboxylic acid groups (broad SMARTS) is 1. The summed E-state index contributed by atoms with van der Waals surface area (Å²) in [6, 6.07) is -1.64. The number of nitro groups is 1. The fourth-order valence-electron chi connectivity index (χ4n) is 2.70. The van der Waals surface area contributed by atoms with Crippen LogP contribution in [0.15, 0.2) is 4.99 Å². The molecule has 0 spiro atoms. The number of amides is 2. The summed E-state index contributed by atoms with van der Waals surface area (Å²) in [7, 11) is 0. The molecule has 13 nitrogen and oxygen atoms in total. The second-order valence-electron chi connectivity index (χ2n) is 5.85. The van der Waals surface area contributed by atoms with Gasteiger partial charge in [-0.15, -0.1) is 4.59 Å². The fourth-order valence-corrected chi connectivity index (χ4v) is 2.70. The van der Waals surface area contributed by atoms with Crippen molar-refractivity contribution in [3.05, 3.63) is 10.1 Å². The summed E-state index contributed by atoms with van der Waals surface area (Å²) in [5.74, 6) is -1.46. The topological polar surface area (TPSA) is 198 Å². The number of likely N-dealkylation sites (tertiary alicyclic amines) is 1. The summed E-state index contributed by atoms with van der Waals surface area (Å²) in [5.41, 5.74) is 17.8. The number of carbonyl (C=O) groups excluding carboxylic acids is 1. The Kier molecular flexibility index (Phi) is 7.47. The predicted octanol–water partition coefficient (Wildman–Crippen LogP) is -1.60. The second-order valence-corrected chi connectivity index (χ2v) is 5.85. The molecule has 0 aromatic rings. The number of guanidine groups is 1. The Bertz CT molecular complexity index is 542. The maximum atomic E-state index is 11.8. The van der Waals surface area contributed by atoms with Crippen LogP contribution in [0.5, 0.6) is 0 Å². The van der Waals surface area contributed by atoms with Gasteiger partial charge >= 0.3 is 12.0 Å². The van der Waals surface area contributed by atoms with E-state index in [0.29, 0.717) is 13.0 Å². The van der Waals surface area contributed by atoms with Crippen molar-refractivity contribution in [1.82, 2.24) is 16.4 Å². The summed E-state index contributed by atoms with van der Waals surface area (Å²) in [5, 5.41) is 18.6. The first-order valence-electron chi connectivity index (χ1n) is 7.83. The quantitative estimate of drug-likeness (QED) is 0.0699. The monoisotopic (exact) mass is 361 g/mol. The molecule has 1 aliphatic heterocycles. The summed E-state index contributed by atoms with van der Waals surface area (Å²) >= 11 is 0. The van der Waals surface area contributed by atoms with Gasteiger partial charge in [-0.1, -0.05) is 11.0 Å². The number of aliphatic imine (C=N–C) groups is 1. The Morgan fingerprint density at radius 2 is 2.16 bits per heavy atom. The van der Waals surface area contributed by atoms with Gasteiger partial charge in [0, 0.05) is 19.4 Å². The molecule has 0 aliphatic carbocycles. The molecule has 2 amide bonds. The van der Waals surface area contributed by atoms with Gasteiger partial charge in [0.15, 0.2) is 5.03 Å². The van der Waals surface area contributed by atoms with E-state index >= 15 is 0 Å². The molecule has 3 unspecified atom stereocenters. The number of nitrogens with two attached hydrogens (primary N) is 2. The van der Waals surface area contributed by atoms with E-state index in [0.717, 1.165) is 12.8 Å². The third kappa shape index (κ3) is 5.81. The molecule has 0 bridgehead atoms. The average Bonchev–Trinajstić information content (AvgIpc) is 2.87. The van der Waals surface area contributed by atoms with Crippen molar-refractivity contribution in [3.8, 4) is 0 Å². The highest BCUT2D eigenvalue weighted by molar-refractivity contribution is 5.76. The molecule has 0 radical (unpaired) electrons. The lowest BCUT2D eigenvalue weighted by molar-refractivity contribution is -0.909. The normalized spacial score (nSPS) is 24.7. The molecule has 0 aromatic heterocycles. The van der Waals surface area contributed by atoms with E-state index in [4.69, 9.17) is 11.5 Å². The Morgan fingerprint density at radius 1 is 1.48 bits per heavy atom. The zero-order valence-electron chi connectivity index (χ0n) is 14.0. The Hall–Kier alpha value is -2.51. The number of urea groups is 1. The lowest BCUT2D eigenvalue weighted by Crippen LogP contribution is -2.71. The van der Waals surface area contributed by atoms with Crippen molar-refractivity contribution in [2.45, 2.75) is 44.7 Å². The van der Waals surface area contributed by atoms with Crippen LogP contribution < -0.4 is 27.9 Å². The highest BCUT2D eigenvalue weighted by Gasteiger charge is 2.46. The Balaban J connectivity index is 2.53. The number of nitrogens with one attached hydrogen (secondary N) is 3. The summed E-state index contributed by atoms with van der Waals surface area (Å²) < 4.78 is -0.221. The maximum absolute atomic E-state index is 11.8. The molecule has 25 heavy (non-hydrogen) atoms. The molecule has 142 valence electrons. The van der Waals surface area contributed by atoms with Crippen LogP contribution in [0.25, 0.3) is 0 Å². The van der Waals surface area contributed by atoms with Crippen LogP contribution in [-0.2, 0) is 4.79 Å². The zero-order valence-corrected chi connectivity index (χ0v) is 14.0. The zero-order chi connectivity index (χ0) is 19.0. The number of carboxylic acids is 1. The molecule has 1 rings (SSSR count). The average molecular weight is 361 g/mol. The molecule has 1 fully saturated rings. The van der Waals surface area contributed by atoms with E-state index in [1.807, 2.05) is 6.92 Å². The number of quaternary nitrogens is 1. The van der Waals surface area contributed by atoms with Gasteiger partial charge in [0.1, 0.15) is 18.6 Å². The standard InChI is InChI=1S/C12H24N8O5/c1-8-4-3-7-20(8,12(14)23)18-16-9(10(21)22)5-2-6-15-11(13)17-19(24)25/h8-9,16,18H,2-7H2,1H3,(H5-,13,14,15,17,21,22,23)/p+1. The van der Waals surface area contributed by atoms with Gasteiger partial charge in [-0.2, -0.15) is 5.43 Å². The molecule has 8 N–H and O–H groups in total. The molecule has 0 saturated carbocycles. The summed E-state index contributed by atoms with van der Waals surface area (Å²) in [6.45, 7) is 2.45. The van der Waals surface area contributed by atoms with Gasteiger partial charge in [-0.3, -0.25) is 4.79 Å². The number of carbonyl (C=O) groups is 2. The number of hydrogen-bond donors (Lipinski definition) is 6. The number of hydrogen-bond acceptors (Lipinski definition) is 7. The van der Waals surface area contributed by atoms with Crippen molar-refractivity contribution in [2.75, 3.05) is 13.1 Å². The van der Waals surface area contributed by atoms with Gasteiger partial charge in [0.2, 0.25) is 0 Å². The highest BCUT2D eigenvalue weighted by Crippen LogP contribution is 2.23. The van der Waals surface area contributed by atoms with Gasteiger partial charge < -0.3 is 16.6 Å². The largest absolute Gasteiger partial charge is 0.480 e. The lowest BCUT2D eigenvalue weighted by Gasteiger charge is -2.34. The third-order valence-corrected chi connectivity index (χ3v) is 4.15. The molecule has 1 aliphatic rings. The predicted molar refractivity (Wildman–Crippen MR) is 87.0 cm³/mol. The first kappa shape index (κ1) is 20.5. The number of primary amides is 1. The number of rotatable bonds is 9. The van der Waals surface area contributed by atoms with Crippen molar-refractivity contribution in [2.24, 2.45) is 16.5 Å². The van der Waals surface area contributed by atoms with Crippen LogP contribution in [0, 0.1) is 10.1 Å². The molecular weight excluding hydrogens is 336 g/mol. The van der Waals surface area contributed by atoms with E-state index < -0.39 is 23.1 Å². The van der Waals surface area contributed by atoms with Crippen LogP contribution in [-0.4, -0.2) is 57.9 Å². The van der Waals surface area contributed by atoms with Crippen LogP contribution in [0.2, 0.25) is 0 Å². The maximum Gasteiger partial charge on any atom is 0.434 e. The van der Waals surface area contributed by atoms with Crippen molar-refractivity contribution >= 4 is 18.0 Å². The Morgan fingerprint density at radius 3 is 2.64 bits per heavy atom. The van der Waals surface area contributed by atoms with Crippen LogP contribution in [0.4, 0.5) is 4.79 Å². The van der Waals surface area contributed by atoms with Crippen molar-refractivity contribution in [1.29, 1.82) is 0 Å². The summed E-state index contributed by atoms with van der Waals surface area (Å²) in [6.07, 6.45) is 2.09. The Labute approximate surface area is 144 Å². The lowest BCUT2D eigenvalue weighted by atomic mass is 10.2. The molecule has 13 heteroatoms. The smallest absolute Gasteiger partial charge is 0.434 e. The van der Waals surface area contributed by atoms with Gasteiger partial charge in [0.25, 0.3) is 5.96 Å². The minimum atomic E-state index is -1.11. The van der Waals surface area contributed by atoms with E-state index in [1.54, 1.807) is 5.43 Å². The van der Waals surface area contributed by atoms with Crippen LogP contribution in [0.3, 0.4) is 0 Å². The molecule has 0 aromatic carbocycles. The first-order chi connectivity index (χ1) is 11.7. The SMILES string of the molecule is CC1CCC[N+]1(NNC(CCCN=C(N)N[N+](=O)[O-])C(=O)O)C(N)=O. The van der Waals surface area contributed by atoms with Crippen molar-refractivity contribution < 1.29 is 24.3 Å². The van der Waals surface area contributed by atoms with Crippen molar-refractivity contribution in [3.63, 3.8) is 0 Å². The van der Waals surface area contributed by atoms with Crippen LogP contribution >= 0.6 is 0 Å². The second kappa shape index (κ2) is 9.10. The summed E-state index contributed by atoms with van der Waals surface area (Å²) in [4.78, 5) is 37.0. The number of nitrogens with zero attached hydrogens (tertiary/aromatic N) is 3. The van der Waals surface area contributed by atoms with E-state index in [-0.39, 0.29) is 29.6 Å². The number of aliphatic carboxylic acids is 1.